The molecule has 2 N–H and O–H groups in total. The van der Waals surface area contributed by atoms with Crippen LogP contribution in [0.4, 0.5) is 5.69 Å². The van der Waals surface area contributed by atoms with Gasteiger partial charge in [-0.15, -0.1) is 0 Å². The number of hydrogen-bond acceptors (Lipinski definition) is 5. The molecular formula is C28H32N4O. The maximum Gasteiger partial charge on any atom is 0.141 e. The monoisotopic (exact) mass is 440 g/mol. The lowest BCUT2D eigenvalue weighted by atomic mass is 9.94. The lowest BCUT2D eigenvalue weighted by Crippen LogP contribution is -2.47. The summed E-state index contributed by atoms with van der Waals surface area (Å²) in [5, 5.41) is 0. The number of anilines is 1. The number of fused-ring (bicyclic) bond motifs is 2. The summed E-state index contributed by atoms with van der Waals surface area (Å²) in [5.41, 5.74) is 13.4. The zero-order valence-corrected chi connectivity index (χ0v) is 19.3. The average Bonchev–Trinajstić information content (AvgIpc) is 3.02. The predicted octanol–water partition coefficient (Wildman–Crippen LogP) is 4.19. The van der Waals surface area contributed by atoms with Crippen molar-refractivity contribution < 1.29 is 4.74 Å². The zero-order valence-electron chi connectivity index (χ0n) is 19.3. The zero-order chi connectivity index (χ0) is 22.6. The molecular weight excluding hydrogens is 408 g/mol. The molecule has 3 aromatic rings. The fraction of sp³-hybridized carbons (Fsp3) is 0.321. The molecule has 170 valence electrons. The SMILES string of the molecule is COc1ccc(/C=C/CN2CCN(C3c4ccccc4CCc4ncccc43)CC2)cc1N. The molecule has 5 heteroatoms. The van der Waals surface area contributed by atoms with Gasteiger partial charge in [0, 0.05) is 44.6 Å². The molecule has 5 nitrogen and oxygen atoms in total. The fourth-order valence-corrected chi connectivity index (χ4v) is 5.15. The van der Waals surface area contributed by atoms with Crippen LogP contribution in [0.1, 0.15) is 34.0 Å². The van der Waals surface area contributed by atoms with Gasteiger partial charge < -0.3 is 10.5 Å². The van der Waals surface area contributed by atoms with Crippen LogP contribution < -0.4 is 10.5 Å². The molecule has 2 aromatic carbocycles. The summed E-state index contributed by atoms with van der Waals surface area (Å²) in [6, 6.07) is 19.6. The quantitative estimate of drug-likeness (QED) is 0.603. The van der Waals surface area contributed by atoms with Gasteiger partial charge >= 0.3 is 0 Å². The fourth-order valence-electron chi connectivity index (χ4n) is 5.15. The number of hydrogen-bond donors (Lipinski definition) is 1. The van der Waals surface area contributed by atoms with E-state index in [-0.39, 0.29) is 0 Å². The molecule has 1 aliphatic carbocycles. The van der Waals surface area contributed by atoms with Crippen molar-refractivity contribution in [1.82, 2.24) is 14.8 Å². The number of ether oxygens (including phenoxy) is 1. The molecule has 0 bridgehead atoms. The van der Waals surface area contributed by atoms with Gasteiger partial charge in [0.1, 0.15) is 5.75 Å². The van der Waals surface area contributed by atoms with Gasteiger partial charge in [-0.1, -0.05) is 48.6 Å². The Bertz CT molecular complexity index is 1090. The molecule has 0 saturated carbocycles. The third-order valence-corrected chi connectivity index (χ3v) is 6.90. The minimum atomic E-state index is 0.298. The lowest BCUT2D eigenvalue weighted by Gasteiger charge is -2.40. The second-order valence-corrected chi connectivity index (χ2v) is 8.88. The topological polar surface area (TPSA) is 54.6 Å². The summed E-state index contributed by atoms with van der Waals surface area (Å²) in [5.74, 6) is 0.722. The van der Waals surface area contributed by atoms with Gasteiger partial charge in [0.2, 0.25) is 0 Å². The maximum atomic E-state index is 6.03. The van der Waals surface area contributed by atoms with Gasteiger partial charge in [-0.3, -0.25) is 14.8 Å². The Morgan fingerprint density at radius 3 is 2.64 bits per heavy atom. The van der Waals surface area contributed by atoms with Crippen LogP contribution >= 0.6 is 0 Å². The average molecular weight is 441 g/mol. The first kappa shape index (κ1) is 21.7. The number of nitrogens with two attached hydrogens (primary N) is 1. The van der Waals surface area contributed by atoms with Crippen molar-refractivity contribution >= 4 is 11.8 Å². The highest BCUT2D eigenvalue weighted by Crippen LogP contribution is 2.36. The Balaban J connectivity index is 1.26. The van der Waals surface area contributed by atoms with Crippen LogP contribution in [-0.2, 0) is 12.8 Å². The smallest absolute Gasteiger partial charge is 0.141 e. The van der Waals surface area contributed by atoms with E-state index in [2.05, 4.69) is 58.4 Å². The molecule has 1 aromatic heterocycles. The molecule has 0 spiro atoms. The van der Waals surface area contributed by atoms with E-state index in [4.69, 9.17) is 15.5 Å². The van der Waals surface area contributed by atoms with Crippen molar-refractivity contribution in [3.05, 3.63) is 94.8 Å². The van der Waals surface area contributed by atoms with Crippen LogP contribution in [0.5, 0.6) is 5.75 Å². The van der Waals surface area contributed by atoms with Crippen molar-refractivity contribution in [2.45, 2.75) is 18.9 Å². The van der Waals surface area contributed by atoms with Gasteiger partial charge in [-0.05, 0) is 53.3 Å². The highest BCUT2D eigenvalue weighted by Gasteiger charge is 2.31. The second kappa shape index (κ2) is 9.77. The van der Waals surface area contributed by atoms with Crippen molar-refractivity contribution in [3.8, 4) is 5.75 Å². The number of nitrogen functional groups attached to an aromatic ring is 1. The van der Waals surface area contributed by atoms with Gasteiger partial charge in [0.25, 0.3) is 0 Å². The first-order chi connectivity index (χ1) is 16.2. The Kier molecular flexibility index (Phi) is 6.42. The Hall–Kier alpha value is -3.15. The maximum absolute atomic E-state index is 6.03. The highest BCUT2D eigenvalue weighted by atomic mass is 16.5. The van der Waals surface area contributed by atoms with Crippen LogP contribution in [-0.4, -0.2) is 54.6 Å². The van der Waals surface area contributed by atoms with E-state index in [9.17, 15) is 0 Å². The summed E-state index contributed by atoms with van der Waals surface area (Å²) in [6.45, 7) is 5.17. The van der Waals surface area contributed by atoms with Crippen LogP contribution in [0.15, 0.2) is 66.9 Å². The van der Waals surface area contributed by atoms with Crippen LogP contribution in [0, 0.1) is 0 Å². The molecule has 0 amide bonds. The number of nitrogens with zero attached hydrogens (tertiary/aromatic N) is 3. The van der Waals surface area contributed by atoms with Gasteiger partial charge in [0.15, 0.2) is 0 Å². The van der Waals surface area contributed by atoms with E-state index < -0.39 is 0 Å². The molecule has 1 atom stereocenters. The Morgan fingerprint density at radius 1 is 1.00 bits per heavy atom. The molecule has 1 saturated heterocycles. The number of aryl methyl sites for hydroxylation is 2. The van der Waals surface area contributed by atoms with E-state index in [0.29, 0.717) is 11.7 Å². The second-order valence-electron chi connectivity index (χ2n) is 8.88. The van der Waals surface area contributed by atoms with E-state index in [1.54, 1.807) is 7.11 Å². The minimum absolute atomic E-state index is 0.298. The first-order valence-corrected chi connectivity index (χ1v) is 11.8. The molecule has 5 rings (SSSR count). The molecule has 2 aliphatic rings. The molecule has 1 unspecified atom stereocenters. The largest absolute Gasteiger partial charge is 0.495 e. The van der Waals surface area contributed by atoms with E-state index >= 15 is 0 Å². The highest BCUT2D eigenvalue weighted by molar-refractivity contribution is 5.61. The predicted molar refractivity (Wildman–Crippen MR) is 134 cm³/mol. The third-order valence-electron chi connectivity index (χ3n) is 6.90. The number of aromatic nitrogens is 1. The van der Waals surface area contributed by atoms with Crippen molar-refractivity contribution in [1.29, 1.82) is 0 Å². The molecule has 1 aliphatic heterocycles. The van der Waals surface area contributed by atoms with Gasteiger partial charge in [-0.25, -0.2) is 0 Å². The summed E-state index contributed by atoms with van der Waals surface area (Å²) in [6.07, 6.45) is 8.40. The minimum Gasteiger partial charge on any atom is -0.495 e. The number of rotatable bonds is 5. The van der Waals surface area contributed by atoms with Crippen LogP contribution in [0.25, 0.3) is 6.08 Å². The lowest BCUT2D eigenvalue weighted by molar-refractivity contribution is 0.117. The number of methoxy groups -OCH3 is 1. The van der Waals surface area contributed by atoms with Gasteiger partial charge in [-0.2, -0.15) is 0 Å². The van der Waals surface area contributed by atoms with Crippen LogP contribution in [0.2, 0.25) is 0 Å². The first-order valence-electron chi connectivity index (χ1n) is 11.8. The van der Waals surface area contributed by atoms with Crippen molar-refractivity contribution in [2.24, 2.45) is 0 Å². The molecule has 0 radical (unpaired) electrons. The normalized spacial score (nSPS) is 19.1. The summed E-state index contributed by atoms with van der Waals surface area (Å²) in [7, 11) is 1.64. The van der Waals surface area contributed by atoms with E-state index in [0.717, 1.165) is 56.9 Å². The standard InChI is InChI=1S/C28H32N4O/c1-33-27-13-10-21(20-25(27)29)6-5-15-31-16-18-32(19-17-31)28-23-8-3-2-7-22(23)11-12-26-24(28)9-4-14-30-26/h2-10,13-14,20,28H,11-12,15-19,29H2,1H3/b6-5+. The number of pyridine rings is 1. The van der Waals surface area contributed by atoms with Gasteiger partial charge in [0.05, 0.1) is 18.8 Å². The summed E-state index contributed by atoms with van der Waals surface area (Å²) in [4.78, 5) is 9.91. The third kappa shape index (κ3) is 4.65. The van der Waals surface area contributed by atoms with E-state index in [1.165, 1.54) is 22.4 Å². The Morgan fingerprint density at radius 2 is 1.82 bits per heavy atom. The molecule has 1 fully saturated rings. The summed E-state index contributed by atoms with van der Waals surface area (Å²) >= 11 is 0. The van der Waals surface area contributed by atoms with Crippen molar-refractivity contribution in [3.63, 3.8) is 0 Å². The van der Waals surface area contributed by atoms with Crippen LogP contribution in [0.3, 0.4) is 0 Å². The number of benzene rings is 2. The molecule has 33 heavy (non-hydrogen) atoms. The van der Waals surface area contributed by atoms with Crippen molar-refractivity contribution in [2.75, 3.05) is 45.6 Å². The number of piperazine rings is 1. The Labute approximate surface area is 196 Å². The van der Waals surface area contributed by atoms with E-state index in [1.807, 2.05) is 24.4 Å². The summed E-state index contributed by atoms with van der Waals surface area (Å²) < 4.78 is 5.25. The molecule has 2 heterocycles.